The summed E-state index contributed by atoms with van der Waals surface area (Å²) in [5, 5.41) is 0. The molecular weight excluding hydrogens is 248 g/mol. The van der Waals surface area contributed by atoms with E-state index < -0.39 is 11.6 Å². The Morgan fingerprint density at radius 3 is 2.11 bits per heavy atom. The van der Waals surface area contributed by atoms with Crippen LogP contribution >= 0.6 is 0 Å². The third-order valence-electron chi connectivity index (χ3n) is 3.21. The summed E-state index contributed by atoms with van der Waals surface area (Å²) in [7, 11) is 7.61. The molecule has 0 spiro atoms. The molecule has 0 saturated heterocycles. The Morgan fingerprint density at radius 1 is 1.11 bits per heavy atom. The van der Waals surface area contributed by atoms with Gasteiger partial charge in [0.15, 0.2) is 5.96 Å². The Bertz CT molecular complexity index is 467. The summed E-state index contributed by atoms with van der Waals surface area (Å²) in [6.07, 6.45) is 0.697. The average molecular weight is 267 g/mol. The SMILES string of the molecule is CN(C)C(=N[C@@H]1C[C@H]1c1c(F)cccc1F)N(C)C. The van der Waals surface area contributed by atoms with E-state index in [1.165, 1.54) is 18.2 Å². The van der Waals surface area contributed by atoms with Crippen molar-refractivity contribution >= 4 is 5.96 Å². The second kappa shape index (κ2) is 5.15. The van der Waals surface area contributed by atoms with Crippen LogP contribution in [0.25, 0.3) is 0 Å². The summed E-state index contributed by atoms with van der Waals surface area (Å²) in [4.78, 5) is 8.35. The number of rotatable bonds is 2. The van der Waals surface area contributed by atoms with E-state index in [1.54, 1.807) is 0 Å². The van der Waals surface area contributed by atoms with Gasteiger partial charge in [-0.1, -0.05) is 6.07 Å². The quantitative estimate of drug-likeness (QED) is 0.605. The van der Waals surface area contributed by atoms with Gasteiger partial charge in [0.2, 0.25) is 0 Å². The smallest absolute Gasteiger partial charge is 0.195 e. The number of benzene rings is 1. The summed E-state index contributed by atoms with van der Waals surface area (Å²) < 4.78 is 27.3. The van der Waals surface area contributed by atoms with Crippen molar-refractivity contribution in [1.29, 1.82) is 0 Å². The van der Waals surface area contributed by atoms with Gasteiger partial charge in [-0.3, -0.25) is 0 Å². The van der Waals surface area contributed by atoms with Gasteiger partial charge in [-0.05, 0) is 18.6 Å². The predicted octanol–water partition coefficient (Wildman–Crippen LogP) is 2.30. The van der Waals surface area contributed by atoms with Gasteiger partial charge in [0.1, 0.15) is 11.6 Å². The fourth-order valence-electron chi connectivity index (χ4n) is 2.28. The highest BCUT2D eigenvalue weighted by Crippen LogP contribution is 2.45. The number of nitrogens with zero attached hydrogens (tertiary/aromatic N) is 3. The first-order valence-corrected chi connectivity index (χ1v) is 6.28. The third-order valence-corrected chi connectivity index (χ3v) is 3.21. The zero-order valence-electron chi connectivity index (χ0n) is 11.7. The zero-order chi connectivity index (χ0) is 14.2. The summed E-state index contributed by atoms with van der Waals surface area (Å²) in [5.74, 6) is -0.279. The number of aliphatic imine (C=N–C) groups is 1. The fraction of sp³-hybridized carbons (Fsp3) is 0.500. The van der Waals surface area contributed by atoms with E-state index >= 15 is 0 Å². The fourth-order valence-corrected chi connectivity index (χ4v) is 2.28. The van der Waals surface area contributed by atoms with Crippen molar-refractivity contribution in [3.05, 3.63) is 35.4 Å². The Labute approximate surface area is 112 Å². The van der Waals surface area contributed by atoms with E-state index in [2.05, 4.69) is 4.99 Å². The summed E-state index contributed by atoms with van der Waals surface area (Å²) in [6.45, 7) is 0. The first-order chi connectivity index (χ1) is 8.91. The minimum Gasteiger partial charge on any atom is -0.349 e. The van der Waals surface area contributed by atoms with Crippen molar-refractivity contribution in [1.82, 2.24) is 9.80 Å². The van der Waals surface area contributed by atoms with Crippen LogP contribution in [0.4, 0.5) is 8.78 Å². The van der Waals surface area contributed by atoms with Crippen molar-refractivity contribution in [3.63, 3.8) is 0 Å². The van der Waals surface area contributed by atoms with Gasteiger partial charge in [-0.25, -0.2) is 13.8 Å². The Kier molecular flexibility index (Phi) is 3.73. The predicted molar refractivity (Wildman–Crippen MR) is 72.3 cm³/mol. The van der Waals surface area contributed by atoms with Crippen LogP contribution in [0.2, 0.25) is 0 Å². The van der Waals surface area contributed by atoms with E-state index in [0.717, 1.165) is 5.96 Å². The summed E-state index contributed by atoms with van der Waals surface area (Å²) in [6, 6.07) is 3.96. The van der Waals surface area contributed by atoms with Crippen LogP contribution in [0, 0.1) is 11.6 Å². The monoisotopic (exact) mass is 267 g/mol. The van der Waals surface area contributed by atoms with Crippen LogP contribution in [-0.4, -0.2) is 50.0 Å². The molecule has 104 valence electrons. The molecule has 19 heavy (non-hydrogen) atoms. The molecule has 1 saturated carbocycles. The molecule has 0 bridgehead atoms. The molecule has 0 aliphatic heterocycles. The van der Waals surface area contributed by atoms with E-state index in [1.807, 2.05) is 38.0 Å². The molecule has 0 radical (unpaired) electrons. The molecule has 1 aliphatic rings. The zero-order valence-corrected chi connectivity index (χ0v) is 11.7. The Morgan fingerprint density at radius 2 is 1.63 bits per heavy atom. The van der Waals surface area contributed by atoms with Crippen molar-refractivity contribution in [2.75, 3.05) is 28.2 Å². The van der Waals surface area contributed by atoms with Gasteiger partial charge < -0.3 is 9.80 Å². The van der Waals surface area contributed by atoms with E-state index in [-0.39, 0.29) is 17.5 Å². The van der Waals surface area contributed by atoms with Crippen LogP contribution in [0.1, 0.15) is 17.9 Å². The average Bonchev–Trinajstić information content (AvgIpc) is 3.04. The lowest BCUT2D eigenvalue weighted by Gasteiger charge is -2.22. The maximum Gasteiger partial charge on any atom is 0.195 e. The lowest BCUT2D eigenvalue weighted by atomic mass is 10.1. The second-order valence-electron chi connectivity index (χ2n) is 5.26. The lowest BCUT2D eigenvalue weighted by molar-refractivity contribution is 0.478. The summed E-state index contributed by atoms with van der Waals surface area (Å²) in [5.41, 5.74) is 0.174. The lowest BCUT2D eigenvalue weighted by Crippen LogP contribution is -2.35. The number of hydrogen-bond donors (Lipinski definition) is 0. The maximum absolute atomic E-state index is 13.7. The normalized spacial score (nSPS) is 20.9. The molecule has 3 nitrogen and oxygen atoms in total. The van der Waals surface area contributed by atoms with E-state index in [0.29, 0.717) is 6.42 Å². The second-order valence-corrected chi connectivity index (χ2v) is 5.26. The Hall–Kier alpha value is -1.65. The topological polar surface area (TPSA) is 18.8 Å². The molecular formula is C14H19F2N3. The number of guanidine groups is 1. The van der Waals surface area contributed by atoms with Crippen LogP contribution in [-0.2, 0) is 0 Å². The van der Waals surface area contributed by atoms with Gasteiger partial charge in [-0.15, -0.1) is 0 Å². The van der Waals surface area contributed by atoms with Crippen LogP contribution in [0.3, 0.4) is 0 Å². The maximum atomic E-state index is 13.7. The molecule has 0 amide bonds. The highest BCUT2D eigenvalue weighted by atomic mass is 19.1. The van der Waals surface area contributed by atoms with Crippen molar-refractivity contribution in [2.24, 2.45) is 4.99 Å². The van der Waals surface area contributed by atoms with Crippen molar-refractivity contribution < 1.29 is 8.78 Å². The molecule has 1 aromatic carbocycles. The third kappa shape index (κ3) is 2.85. The molecule has 0 heterocycles. The van der Waals surface area contributed by atoms with E-state index in [9.17, 15) is 8.78 Å². The van der Waals surface area contributed by atoms with Crippen LogP contribution < -0.4 is 0 Å². The molecule has 1 aromatic rings. The van der Waals surface area contributed by atoms with Crippen molar-refractivity contribution in [2.45, 2.75) is 18.4 Å². The van der Waals surface area contributed by atoms with Crippen LogP contribution in [0.15, 0.2) is 23.2 Å². The molecule has 0 unspecified atom stereocenters. The standard InChI is InChI=1S/C14H19F2N3/c1-18(2)14(19(3)4)17-12-8-9(12)13-10(15)6-5-7-11(13)16/h5-7,9,12H,8H2,1-4H3/t9-,12-/m1/s1. The minimum absolute atomic E-state index is 0.0359. The molecule has 0 aromatic heterocycles. The van der Waals surface area contributed by atoms with Gasteiger partial charge in [0, 0.05) is 39.7 Å². The number of hydrogen-bond acceptors (Lipinski definition) is 1. The largest absolute Gasteiger partial charge is 0.349 e. The highest BCUT2D eigenvalue weighted by Gasteiger charge is 2.42. The van der Waals surface area contributed by atoms with Gasteiger partial charge in [0.25, 0.3) is 0 Å². The van der Waals surface area contributed by atoms with Crippen molar-refractivity contribution in [3.8, 4) is 0 Å². The molecule has 0 N–H and O–H groups in total. The van der Waals surface area contributed by atoms with Crippen LogP contribution in [0.5, 0.6) is 0 Å². The summed E-state index contributed by atoms with van der Waals surface area (Å²) >= 11 is 0. The minimum atomic E-state index is -0.473. The highest BCUT2D eigenvalue weighted by molar-refractivity contribution is 5.79. The molecule has 1 fully saturated rings. The van der Waals surface area contributed by atoms with Gasteiger partial charge in [0.05, 0.1) is 6.04 Å². The molecule has 2 atom stereocenters. The Balaban J connectivity index is 2.19. The first kappa shape index (κ1) is 13.8. The number of halogens is 2. The van der Waals surface area contributed by atoms with Gasteiger partial charge >= 0.3 is 0 Å². The molecule has 5 heteroatoms. The van der Waals surface area contributed by atoms with E-state index in [4.69, 9.17) is 0 Å². The first-order valence-electron chi connectivity index (χ1n) is 6.28. The molecule has 2 rings (SSSR count). The van der Waals surface area contributed by atoms with Gasteiger partial charge in [-0.2, -0.15) is 0 Å². The molecule has 1 aliphatic carbocycles.